The summed E-state index contributed by atoms with van der Waals surface area (Å²) in [5.74, 6) is 2.94. The molecule has 2 fully saturated rings. The number of fused-ring (bicyclic) bond motifs is 1. The summed E-state index contributed by atoms with van der Waals surface area (Å²) in [4.78, 5) is 0. The van der Waals surface area contributed by atoms with E-state index in [0.717, 1.165) is 17.8 Å². The Hall–Kier alpha value is -0.820. The minimum absolute atomic E-state index is 0.586. The predicted molar refractivity (Wildman–Crippen MR) is 85.8 cm³/mol. The third-order valence-electron chi connectivity index (χ3n) is 5.58. The Balaban J connectivity index is 1.67. The molecule has 0 aromatic heterocycles. The molecule has 3 atom stereocenters. The van der Waals surface area contributed by atoms with E-state index in [1.807, 2.05) is 0 Å². The number of rotatable bonds is 6. The average Bonchev–Trinajstić information content (AvgIpc) is 3.22. The van der Waals surface area contributed by atoms with E-state index in [0.29, 0.717) is 6.04 Å². The number of hydrogen-bond acceptors (Lipinski definition) is 1. The van der Waals surface area contributed by atoms with Crippen LogP contribution >= 0.6 is 0 Å². The average molecular weight is 271 g/mol. The first-order valence-electron chi connectivity index (χ1n) is 8.61. The van der Waals surface area contributed by atoms with Crippen molar-refractivity contribution in [2.45, 2.75) is 57.9 Å². The zero-order valence-electron chi connectivity index (χ0n) is 13.1. The molecule has 110 valence electrons. The predicted octanol–water partition coefficient (Wildman–Crippen LogP) is 4.73. The zero-order valence-corrected chi connectivity index (χ0v) is 13.1. The highest BCUT2D eigenvalue weighted by molar-refractivity contribution is 5.27. The molecule has 1 nitrogen and oxygen atoms in total. The van der Waals surface area contributed by atoms with Crippen LogP contribution in [-0.2, 0) is 6.42 Å². The maximum absolute atomic E-state index is 3.60. The molecule has 0 amide bonds. The van der Waals surface area contributed by atoms with Crippen molar-refractivity contribution >= 4 is 0 Å². The smallest absolute Gasteiger partial charge is 0.0351 e. The summed E-state index contributed by atoms with van der Waals surface area (Å²) < 4.78 is 0. The molecule has 2 aliphatic carbocycles. The van der Waals surface area contributed by atoms with Gasteiger partial charge in [-0.15, -0.1) is 0 Å². The molecular weight excluding hydrogens is 242 g/mol. The van der Waals surface area contributed by atoms with Gasteiger partial charge in [0.05, 0.1) is 0 Å². The van der Waals surface area contributed by atoms with Crippen LogP contribution in [0.25, 0.3) is 0 Å². The molecule has 0 spiro atoms. The van der Waals surface area contributed by atoms with Crippen LogP contribution in [0.2, 0.25) is 0 Å². The minimum atomic E-state index is 0.586. The number of aryl methyl sites for hydroxylation is 1. The van der Waals surface area contributed by atoms with Crippen LogP contribution in [0.3, 0.4) is 0 Å². The number of unbranched alkanes of at least 4 members (excludes halogenated alkanes) is 1. The summed E-state index contributed by atoms with van der Waals surface area (Å²) in [6, 6.07) is 10.0. The van der Waals surface area contributed by atoms with E-state index in [9.17, 15) is 0 Å². The third kappa shape index (κ3) is 2.79. The standard InChI is InChI=1S/C19H29N/c1-3-4-7-14-10-12-15(13-11-14)19(20-2)18-16-8-5-6-9-17(16)18/h10-13,16-20H,3-9H2,1-2H3. The molecule has 1 N–H and O–H groups in total. The summed E-state index contributed by atoms with van der Waals surface area (Å²) >= 11 is 0. The minimum Gasteiger partial charge on any atom is -0.313 e. The number of nitrogens with one attached hydrogen (secondary N) is 1. The second-order valence-corrected chi connectivity index (χ2v) is 6.80. The van der Waals surface area contributed by atoms with Gasteiger partial charge in [0.25, 0.3) is 0 Å². The summed E-state index contributed by atoms with van der Waals surface area (Å²) in [7, 11) is 2.14. The fourth-order valence-corrected chi connectivity index (χ4v) is 4.40. The van der Waals surface area contributed by atoms with Crippen molar-refractivity contribution in [2.75, 3.05) is 7.05 Å². The van der Waals surface area contributed by atoms with Crippen LogP contribution in [0.15, 0.2) is 24.3 Å². The molecule has 0 saturated heterocycles. The van der Waals surface area contributed by atoms with Gasteiger partial charge >= 0.3 is 0 Å². The third-order valence-corrected chi connectivity index (χ3v) is 5.58. The molecule has 0 aliphatic heterocycles. The quantitative estimate of drug-likeness (QED) is 0.789. The first kappa shape index (κ1) is 14.1. The highest BCUT2D eigenvalue weighted by atomic mass is 14.9. The van der Waals surface area contributed by atoms with Crippen molar-refractivity contribution < 1.29 is 0 Å². The Morgan fingerprint density at radius 1 is 1.10 bits per heavy atom. The van der Waals surface area contributed by atoms with Gasteiger partial charge in [0, 0.05) is 6.04 Å². The maximum Gasteiger partial charge on any atom is 0.0351 e. The van der Waals surface area contributed by atoms with Crippen LogP contribution in [-0.4, -0.2) is 7.05 Å². The van der Waals surface area contributed by atoms with Crippen LogP contribution in [0.1, 0.15) is 62.6 Å². The molecule has 0 heterocycles. The Morgan fingerprint density at radius 3 is 2.30 bits per heavy atom. The van der Waals surface area contributed by atoms with Crippen LogP contribution < -0.4 is 5.32 Å². The van der Waals surface area contributed by atoms with Gasteiger partial charge in [-0.05, 0) is 61.6 Å². The van der Waals surface area contributed by atoms with Crippen molar-refractivity contribution in [2.24, 2.45) is 17.8 Å². The first-order chi connectivity index (χ1) is 9.85. The fourth-order valence-electron chi connectivity index (χ4n) is 4.40. The van der Waals surface area contributed by atoms with E-state index < -0.39 is 0 Å². The SMILES string of the molecule is CCCCc1ccc(C(NC)C2C3CCCCC32)cc1. The lowest BCUT2D eigenvalue weighted by atomic mass is 9.97. The Kier molecular flexibility index (Phi) is 4.45. The molecule has 1 aromatic carbocycles. The lowest BCUT2D eigenvalue weighted by molar-refractivity contribution is 0.480. The van der Waals surface area contributed by atoms with E-state index in [1.54, 1.807) is 0 Å². The van der Waals surface area contributed by atoms with Crippen LogP contribution in [0.4, 0.5) is 0 Å². The lowest BCUT2D eigenvalue weighted by Crippen LogP contribution is -2.19. The summed E-state index contributed by atoms with van der Waals surface area (Å²) in [5, 5.41) is 3.60. The van der Waals surface area contributed by atoms with Gasteiger partial charge in [0.1, 0.15) is 0 Å². The monoisotopic (exact) mass is 271 g/mol. The summed E-state index contributed by atoms with van der Waals surface area (Å²) in [6.07, 6.45) is 9.70. The number of hydrogen-bond donors (Lipinski definition) is 1. The Bertz CT molecular complexity index is 410. The van der Waals surface area contributed by atoms with E-state index >= 15 is 0 Å². The molecule has 2 aliphatic rings. The highest BCUT2D eigenvalue weighted by Gasteiger charge is 2.53. The summed E-state index contributed by atoms with van der Waals surface area (Å²) in [6.45, 7) is 2.26. The van der Waals surface area contributed by atoms with Gasteiger partial charge in [-0.2, -0.15) is 0 Å². The van der Waals surface area contributed by atoms with E-state index in [4.69, 9.17) is 0 Å². The van der Waals surface area contributed by atoms with Crippen molar-refractivity contribution in [3.05, 3.63) is 35.4 Å². The highest BCUT2D eigenvalue weighted by Crippen LogP contribution is 2.60. The van der Waals surface area contributed by atoms with E-state index in [-0.39, 0.29) is 0 Å². The van der Waals surface area contributed by atoms with Crippen molar-refractivity contribution in [1.82, 2.24) is 5.32 Å². The Labute approximate surface area is 124 Å². The van der Waals surface area contributed by atoms with Crippen LogP contribution in [0, 0.1) is 17.8 Å². The fraction of sp³-hybridized carbons (Fsp3) is 0.684. The zero-order chi connectivity index (χ0) is 13.9. The van der Waals surface area contributed by atoms with Crippen LogP contribution in [0.5, 0.6) is 0 Å². The molecule has 2 saturated carbocycles. The second kappa shape index (κ2) is 6.30. The molecule has 3 unspecified atom stereocenters. The van der Waals surface area contributed by atoms with Crippen molar-refractivity contribution in [3.8, 4) is 0 Å². The Morgan fingerprint density at radius 2 is 1.75 bits per heavy atom. The van der Waals surface area contributed by atoms with Gasteiger partial charge in [-0.25, -0.2) is 0 Å². The maximum atomic E-state index is 3.60. The largest absolute Gasteiger partial charge is 0.313 e. The molecule has 1 aromatic rings. The van der Waals surface area contributed by atoms with Gasteiger partial charge in [-0.1, -0.05) is 50.5 Å². The molecule has 3 rings (SSSR count). The van der Waals surface area contributed by atoms with Crippen molar-refractivity contribution in [1.29, 1.82) is 0 Å². The molecular formula is C19H29N. The molecule has 1 heteroatoms. The number of benzene rings is 1. The van der Waals surface area contributed by atoms with Gasteiger partial charge in [0.15, 0.2) is 0 Å². The summed E-state index contributed by atoms with van der Waals surface area (Å²) in [5.41, 5.74) is 3.01. The second-order valence-electron chi connectivity index (χ2n) is 6.80. The van der Waals surface area contributed by atoms with Gasteiger partial charge in [0.2, 0.25) is 0 Å². The molecule has 0 radical (unpaired) electrons. The van der Waals surface area contributed by atoms with E-state index in [1.165, 1.54) is 56.1 Å². The normalized spacial score (nSPS) is 29.8. The first-order valence-corrected chi connectivity index (χ1v) is 8.61. The van der Waals surface area contributed by atoms with Crippen molar-refractivity contribution in [3.63, 3.8) is 0 Å². The van der Waals surface area contributed by atoms with Gasteiger partial charge < -0.3 is 5.32 Å². The van der Waals surface area contributed by atoms with Gasteiger partial charge in [-0.3, -0.25) is 0 Å². The molecule has 20 heavy (non-hydrogen) atoms. The molecule has 0 bridgehead atoms. The van der Waals surface area contributed by atoms with E-state index in [2.05, 4.69) is 43.6 Å². The topological polar surface area (TPSA) is 12.0 Å². The lowest BCUT2D eigenvalue weighted by Gasteiger charge is -2.17.